The minimum atomic E-state index is -1.74. The Labute approximate surface area is 350 Å². The molecule has 3 aromatic carbocycles. The summed E-state index contributed by atoms with van der Waals surface area (Å²) in [6.45, 7) is 9.02. The average Bonchev–Trinajstić information content (AvgIpc) is 4.10. The third-order valence-electron chi connectivity index (χ3n) is 13.2. The summed E-state index contributed by atoms with van der Waals surface area (Å²) in [5, 5.41) is 17.0. The maximum absolute atomic E-state index is 16.1. The van der Waals surface area contributed by atoms with Gasteiger partial charge in [-0.05, 0) is 66.4 Å². The Balaban J connectivity index is 1.01. The van der Waals surface area contributed by atoms with Crippen LogP contribution in [0, 0.1) is 17.7 Å². The van der Waals surface area contributed by atoms with Gasteiger partial charge in [0.15, 0.2) is 0 Å². The van der Waals surface area contributed by atoms with E-state index in [1.807, 2.05) is 55.1 Å². The van der Waals surface area contributed by atoms with Crippen molar-refractivity contribution in [1.82, 2.24) is 40.4 Å². The van der Waals surface area contributed by atoms with E-state index in [1.165, 1.54) is 38.1 Å². The first-order valence-electron chi connectivity index (χ1n) is 21.4. The third-order valence-corrected chi connectivity index (χ3v) is 18.3. The smallest absolute Gasteiger partial charge is 0.407 e. The molecule has 3 saturated heterocycles. The van der Waals surface area contributed by atoms with Crippen LogP contribution in [0.4, 0.5) is 9.18 Å². The highest BCUT2D eigenvalue weighted by Gasteiger charge is 2.51. The average molecular weight is 837 g/mol. The molecule has 1 spiro atoms. The second-order valence-corrected chi connectivity index (χ2v) is 22.6. The van der Waals surface area contributed by atoms with Crippen molar-refractivity contribution in [3.63, 3.8) is 0 Å². The summed E-state index contributed by atoms with van der Waals surface area (Å²) < 4.78 is 21.0. The Hall–Kier alpha value is -5.12. The molecule has 3 aliphatic rings. The fourth-order valence-electron chi connectivity index (χ4n) is 9.90. The van der Waals surface area contributed by atoms with E-state index < -0.39 is 26.8 Å². The van der Waals surface area contributed by atoms with E-state index in [0.29, 0.717) is 29.2 Å². The van der Waals surface area contributed by atoms with Gasteiger partial charge in [0, 0.05) is 35.3 Å². The van der Waals surface area contributed by atoms with E-state index in [-0.39, 0.29) is 47.6 Å². The van der Waals surface area contributed by atoms with Gasteiger partial charge in [0.2, 0.25) is 11.8 Å². The SMILES string of the molecule is COC(=O)N[C@H](C(=O)N1C[Si]2(CCCC2)C[C@H]1c1ncc(-c2ccc(-c3ccc4c(ccc5nc([C@@H]6CCCN6C[C@@H](NC(=O)CO)C(C)C)[nH]c54)c3)c(F)c2)[nH]1)C(C)C. The van der Waals surface area contributed by atoms with Gasteiger partial charge >= 0.3 is 6.09 Å². The predicted octanol–water partition coefficient (Wildman–Crippen LogP) is 7.23. The molecule has 13 nitrogen and oxygen atoms in total. The molecule has 0 radical (unpaired) electrons. The van der Waals surface area contributed by atoms with Gasteiger partial charge in [0.25, 0.3) is 0 Å². The van der Waals surface area contributed by atoms with Crippen LogP contribution < -0.4 is 10.6 Å². The number of aliphatic hydroxyl groups is 1. The molecule has 8 rings (SSSR count). The molecule has 2 aromatic heterocycles. The number of alkyl carbamates (subject to hydrolysis) is 1. The molecule has 5 aromatic rings. The first-order chi connectivity index (χ1) is 28.9. The number of rotatable bonds is 12. The van der Waals surface area contributed by atoms with E-state index >= 15 is 4.39 Å². The third kappa shape index (κ3) is 8.18. The molecule has 0 aliphatic carbocycles. The molecule has 318 valence electrons. The summed E-state index contributed by atoms with van der Waals surface area (Å²) in [5.74, 6) is 0.815. The highest BCUT2D eigenvalue weighted by atomic mass is 28.3. The first kappa shape index (κ1) is 41.6. The van der Waals surface area contributed by atoms with Crippen molar-refractivity contribution >= 4 is 47.8 Å². The van der Waals surface area contributed by atoms with Crippen LogP contribution in [0.2, 0.25) is 18.1 Å². The van der Waals surface area contributed by atoms with Gasteiger partial charge in [-0.1, -0.05) is 83.0 Å². The predicted molar refractivity (Wildman–Crippen MR) is 232 cm³/mol. The van der Waals surface area contributed by atoms with Gasteiger partial charge < -0.3 is 35.3 Å². The minimum Gasteiger partial charge on any atom is -0.453 e. The molecule has 3 fully saturated rings. The summed E-state index contributed by atoms with van der Waals surface area (Å²) >= 11 is 0. The monoisotopic (exact) mass is 836 g/mol. The number of ether oxygens (including phenoxy) is 1. The Morgan fingerprint density at radius 3 is 2.45 bits per heavy atom. The fraction of sp³-hybridized carbons (Fsp3) is 0.489. The topological polar surface area (TPSA) is 169 Å². The Morgan fingerprint density at radius 2 is 1.73 bits per heavy atom. The zero-order valence-electron chi connectivity index (χ0n) is 35.2. The van der Waals surface area contributed by atoms with E-state index in [9.17, 15) is 19.5 Å². The number of H-pyrrole nitrogens is 2. The molecule has 0 unspecified atom stereocenters. The zero-order chi connectivity index (χ0) is 42.3. The summed E-state index contributed by atoms with van der Waals surface area (Å²) in [6, 6.07) is 17.6. The number of amides is 3. The van der Waals surface area contributed by atoms with E-state index in [2.05, 4.69) is 39.3 Å². The number of nitrogens with one attached hydrogen (secondary N) is 4. The van der Waals surface area contributed by atoms with Crippen molar-refractivity contribution in [2.45, 2.75) is 95.7 Å². The van der Waals surface area contributed by atoms with Crippen LogP contribution in [-0.4, -0.2) is 106 Å². The zero-order valence-corrected chi connectivity index (χ0v) is 36.2. The molecular formula is C45H57FN8O5Si. The number of imidazole rings is 2. The maximum atomic E-state index is 16.1. The van der Waals surface area contributed by atoms with Crippen molar-refractivity contribution in [3.8, 4) is 22.4 Å². The molecule has 15 heteroatoms. The number of aromatic nitrogens is 4. The molecule has 3 aliphatic heterocycles. The lowest BCUT2D eigenvalue weighted by molar-refractivity contribution is -0.135. The van der Waals surface area contributed by atoms with Crippen molar-refractivity contribution in [2.24, 2.45) is 11.8 Å². The molecule has 3 amide bonds. The molecule has 5 N–H and O–H groups in total. The van der Waals surface area contributed by atoms with Crippen molar-refractivity contribution in [1.29, 1.82) is 0 Å². The summed E-state index contributed by atoms with van der Waals surface area (Å²) in [6.07, 6.45) is 6.19. The summed E-state index contributed by atoms with van der Waals surface area (Å²) in [5.41, 5.74) is 4.38. The molecular weight excluding hydrogens is 780 g/mol. The van der Waals surface area contributed by atoms with Crippen molar-refractivity contribution in [2.75, 3.05) is 33.0 Å². The fourth-order valence-corrected chi connectivity index (χ4v) is 15.3. The molecule has 60 heavy (non-hydrogen) atoms. The van der Waals surface area contributed by atoms with Crippen LogP contribution in [0.25, 0.3) is 44.2 Å². The molecule has 4 atom stereocenters. The number of nitrogens with zero attached hydrogens (tertiary/aromatic N) is 4. The number of carbonyl (C=O) groups is 3. The number of likely N-dealkylation sites (tertiary alicyclic amines) is 1. The largest absolute Gasteiger partial charge is 0.453 e. The highest BCUT2D eigenvalue weighted by Crippen LogP contribution is 2.46. The van der Waals surface area contributed by atoms with Crippen LogP contribution in [-0.2, 0) is 14.3 Å². The lowest BCUT2D eigenvalue weighted by Crippen LogP contribution is -2.52. The molecule has 0 bridgehead atoms. The highest BCUT2D eigenvalue weighted by molar-refractivity contribution is 6.81. The number of aliphatic hydroxyl groups excluding tert-OH is 1. The van der Waals surface area contributed by atoms with Crippen LogP contribution in [0.15, 0.2) is 54.7 Å². The number of methoxy groups -OCH3 is 1. The molecule has 5 heterocycles. The van der Waals surface area contributed by atoms with E-state index in [4.69, 9.17) is 14.7 Å². The lowest BCUT2D eigenvalue weighted by Gasteiger charge is -2.30. The maximum Gasteiger partial charge on any atom is 0.407 e. The number of hydrogen-bond acceptors (Lipinski definition) is 8. The van der Waals surface area contributed by atoms with Crippen LogP contribution in [0.3, 0.4) is 0 Å². The summed E-state index contributed by atoms with van der Waals surface area (Å²) in [7, 11) is -0.437. The lowest BCUT2D eigenvalue weighted by atomic mass is 9.98. The van der Waals surface area contributed by atoms with Crippen LogP contribution in [0.1, 0.15) is 77.1 Å². The Bertz CT molecular complexity index is 2390. The van der Waals surface area contributed by atoms with Gasteiger partial charge in [-0.15, -0.1) is 0 Å². The minimum absolute atomic E-state index is 0.0792. The Kier molecular flexibility index (Phi) is 11.9. The number of halogens is 1. The van der Waals surface area contributed by atoms with Gasteiger partial charge in [-0.25, -0.2) is 19.2 Å². The Morgan fingerprint density at radius 1 is 0.950 bits per heavy atom. The summed E-state index contributed by atoms with van der Waals surface area (Å²) in [4.78, 5) is 59.5. The number of carbonyl (C=O) groups excluding carboxylic acids is 3. The molecule has 0 saturated carbocycles. The number of benzene rings is 3. The van der Waals surface area contributed by atoms with E-state index in [1.54, 1.807) is 12.3 Å². The van der Waals surface area contributed by atoms with Crippen molar-refractivity contribution < 1.29 is 28.6 Å². The standard InChI is InChI=1S/C45H57FN8O5Si/c1-26(2)36(48-39(56)23-55)22-53-16-8-9-37(53)43-49-34-15-12-29-19-28(10-14-32(29)41(34)51-43)31-13-11-30(20-33(31)46)35-21-47-42(50-35)38-24-60(17-6-7-18-60)25-54(38)44(57)40(27(3)4)52-45(58)59-5/h10-15,19-21,26-27,36-38,40,55H,6-9,16-18,22-25H2,1-5H3,(H,47,50)(H,48,56)(H,49,51)(H,52,58)/t36-,37+,38+,40+/m1/s1. The number of aromatic amines is 2. The van der Waals surface area contributed by atoms with Crippen molar-refractivity contribution in [3.05, 3.63) is 72.2 Å². The van der Waals surface area contributed by atoms with Crippen LogP contribution >= 0.6 is 0 Å². The second kappa shape index (κ2) is 17.1. The first-order valence-corrected chi connectivity index (χ1v) is 24.3. The van der Waals surface area contributed by atoms with E-state index in [0.717, 1.165) is 64.8 Å². The quantitative estimate of drug-likeness (QED) is 0.0821. The second-order valence-electron chi connectivity index (χ2n) is 17.9. The normalized spacial score (nSPS) is 20.2. The number of hydrogen-bond donors (Lipinski definition) is 5. The van der Waals surface area contributed by atoms with Gasteiger partial charge in [0.05, 0.1) is 50.2 Å². The van der Waals surface area contributed by atoms with Gasteiger partial charge in [0.1, 0.15) is 30.1 Å². The van der Waals surface area contributed by atoms with Crippen LogP contribution in [0.5, 0.6) is 0 Å². The van der Waals surface area contributed by atoms with Gasteiger partial charge in [-0.2, -0.15) is 0 Å². The van der Waals surface area contributed by atoms with Gasteiger partial charge in [-0.3, -0.25) is 14.5 Å². The number of fused-ring (bicyclic) bond motifs is 3.